The van der Waals surface area contributed by atoms with Crippen molar-refractivity contribution in [2.75, 3.05) is 6.54 Å². The van der Waals surface area contributed by atoms with E-state index >= 15 is 0 Å². The summed E-state index contributed by atoms with van der Waals surface area (Å²) in [4.78, 5) is 0. The van der Waals surface area contributed by atoms with E-state index in [-0.39, 0.29) is 0 Å². The van der Waals surface area contributed by atoms with E-state index in [1.807, 2.05) is 23.0 Å². The van der Waals surface area contributed by atoms with Crippen molar-refractivity contribution >= 4 is 10.9 Å². The molecule has 17 heavy (non-hydrogen) atoms. The van der Waals surface area contributed by atoms with Crippen molar-refractivity contribution in [3.8, 4) is 5.75 Å². The molecular weight excluding hydrogens is 214 g/mol. The molecule has 2 aromatic rings. The summed E-state index contributed by atoms with van der Waals surface area (Å²) in [6.45, 7) is 1.93. The number of para-hydroxylation sites is 1. The SMILES string of the molecule is Oc1cccc2cnn(CC3CCCCN3)c12. The highest BCUT2D eigenvalue weighted by Crippen LogP contribution is 2.24. The molecule has 0 aliphatic carbocycles. The summed E-state index contributed by atoms with van der Waals surface area (Å²) in [6.07, 6.45) is 5.55. The second-order valence-corrected chi connectivity index (χ2v) is 4.69. The number of aromatic nitrogens is 2. The quantitative estimate of drug-likeness (QED) is 0.829. The largest absolute Gasteiger partial charge is 0.506 e. The minimum Gasteiger partial charge on any atom is -0.506 e. The Bertz CT molecular complexity index is 514. The Kier molecular flexibility index (Phi) is 2.73. The number of phenolic OH excluding ortho intramolecular Hbond substituents is 1. The van der Waals surface area contributed by atoms with E-state index in [1.54, 1.807) is 6.07 Å². The molecule has 1 aromatic carbocycles. The fourth-order valence-electron chi connectivity index (χ4n) is 2.55. The molecule has 90 valence electrons. The number of nitrogens with zero attached hydrogens (tertiary/aromatic N) is 2. The van der Waals surface area contributed by atoms with Crippen LogP contribution in [-0.4, -0.2) is 27.5 Å². The van der Waals surface area contributed by atoms with Crippen LogP contribution in [0.2, 0.25) is 0 Å². The topological polar surface area (TPSA) is 50.1 Å². The Labute approximate surface area is 100 Å². The summed E-state index contributed by atoms with van der Waals surface area (Å²) < 4.78 is 1.91. The van der Waals surface area contributed by atoms with Crippen LogP contribution >= 0.6 is 0 Å². The number of nitrogens with one attached hydrogen (secondary N) is 1. The van der Waals surface area contributed by atoms with E-state index in [0.717, 1.165) is 24.0 Å². The standard InChI is InChI=1S/C13H17N3O/c17-12-6-3-4-10-8-15-16(13(10)12)9-11-5-1-2-7-14-11/h3-4,6,8,11,14,17H,1-2,5,7,9H2. The van der Waals surface area contributed by atoms with Crippen LogP contribution in [0.25, 0.3) is 10.9 Å². The van der Waals surface area contributed by atoms with Crippen LogP contribution in [0.1, 0.15) is 19.3 Å². The normalized spacial score (nSPS) is 20.8. The zero-order valence-electron chi connectivity index (χ0n) is 9.76. The third-order valence-corrected chi connectivity index (χ3v) is 3.45. The lowest BCUT2D eigenvalue weighted by atomic mass is 10.1. The molecule has 4 heteroatoms. The average molecular weight is 231 g/mol. The number of benzene rings is 1. The minimum absolute atomic E-state index is 0.316. The predicted octanol–water partition coefficient (Wildman–Crippen LogP) is 1.88. The van der Waals surface area contributed by atoms with Crippen LogP contribution in [0.5, 0.6) is 5.75 Å². The lowest BCUT2D eigenvalue weighted by molar-refractivity contribution is 0.353. The third kappa shape index (κ3) is 2.00. The van der Waals surface area contributed by atoms with Gasteiger partial charge in [0.15, 0.2) is 0 Å². The van der Waals surface area contributed by atoms with Crippen LogP contribution < -0.4 is 5.32 Å². The van der Waals surface area contributed by atoms with Crippen LogP contribution in [-0.2, 0) is 6.54 Å². The Morgan fingerprint density at radius 3 is 3.18 bits per heavy atom. The molecular formula is C13H17N3O. The van der Waals surface area contributed by atoms with Gasteiger partial charge >= 0.3 is 0 Å². The second kappa shape index (κ2) is 4.37. The van der Waals surface area contributed by atoms with Gasteiger partial charge in [-0.15, -0.1) is 0 Å². The summed E-state index contributed by atoms with van der Waals surface area (Å²) in [6, 6.07) is 6.02. The van der Waals surface area contributed by atoms with Crippen LogP contribution in [0.15, 0.2) is 24.4 Å². The Morgan fingerprint density at radius 2 is 2.35 bits per heavy atom. The number of phenols is 1. The van der Waals surface area contributed by atoms with Gasteiger partial charge in [0.05, 0.1) is 12.7 Å². The number of fused-ring (bicyclic) bond motifs is 1. The molecule has 0 radical (unpaired) electrons. The fraction of sp³-hybridized carbons (Fsp3) is 0.462. The minimum atomic E-state index is 0.316. The van der Waals surface area contributed by atoms with Crippen LogP contribution in [0.4, 0.5) is 0 Å². The molecule has 1 saturated heterocycles. The molecule has 1 aliphatic heterocycles. The molecule has 0 saturated carbocycles. The first-order valence-electron chi connectivity index (χ1n) is 6.21. The lowest BCUT2D eigenvalue weighted by Crippen LogP contribution is -2.37. The molecule has 1 aromatic heterocycles. The maximum atomic E-state index is 9.89. The number of piperidine rings is 1. The highest BCUT2D eigenvalue weighted by molar-refractivity contribution is 5.84. The third-order valence-electron chi connectivity index (χ3n) is 3.45. The van der Waals surface area contributed by atoms with Crippen molar-refractivity contribution in [1.82, 2.24) is 15.1 Å². The zero-order chi connectivity index (χ0) is 11.7. The van der Waals surface area contributed by atoms with Crippen LogP contribution in [0.3, 0.4) is 0 Å². The maximum absolute atomic E-state index is 9.89. The highest BCUT2D eigenvalue weighted by atomic mass is 16.3. The first kappa shape index (κ1) is 10.6. The highest BCUT2D eigenvalue weighted by Gasteiger charge is 2.15. The molecule has 1 aliphatic rings. The first-order chi connectivity index (χ1) is 8.34. The molecule has 2 N–H and O–H groups in total. The van der Waals surface area contributed by atoms with Crippen molar-refractivity contribution in [1.29, 1.82) is 0 Å². The van der Waals surface area contributed by atoms with Crippen molar-refractivity contribution in [3.05, 3.63) is 24.4 Å². The molecule has 0 spiro atoms. The molecule has 1 fully saturated rings. The van der Waals surface area contributed by atoms with Gasteiger partial charge < -0.3 is 10.4 Å². The first-order valence-corrected chi connectivity index (χ1v) is 6.21. The van der Waals surface area contributed by atoms with Gasteiger partial charge in [-0.2, -0.15) is 5.10 Å². The fourth-order valence-corrected chi connectivity index (χ4v) is 2.55. The summed E-state index contributed by atoms with van der Waals surface area (Å²) in [5.74, 6) is 0.316. The van der Waals surface area contributed by atoms with E-state index in [9.17, 15) is 5.11 Å². The molecule has 0 bridgehead atoms. The zero-order valence-corrected chi connectivity index (χ0v) is 9.76. The van der Waals surface area contributed by atoms with E-state index < -0.39 is 0 Å². The van der Waals surface area contributed by atoms with E-state index in [2.05, 4.69) is 10.4 Å². The van der Waals surface area contributed by atoms with Gasteiger partial charge in [-0.05, 0) is 25.5 Å². The molecule has 2 heterocycles. The summed E-state index contributed by atoms with van der Waals surface area (Å²) in [5, 5.41) is 18.8. The van der Waals surface area contributed by atoms with Crippen LogP contribution in [0, 0.1) is 0 Å². The summed E-state index contributed by atoms with van der Waals surface area (Å²) in [5.41, 5.74) is 0.847. The van der Waals surface area contributed by atoms with E-state index in [0.29, 0.717) is 11.8 Å². The van der Waals surface area contributed by atoms with Crippen molar-refractivity contribution in [3.63, 3.8) is 0 Å². The second-order valence-electron chi connectivity index (χ2n) is 4.69. The number of hydrogen-bond acceptors (Lipinski definition) is 3. The van der Waals surface area contributed by atoms with Crippen molar-refractivity contribution in [2.45, 2.75) is 31.8 Å². The van der Waals surface area contributed by atoms with Crippen molar-refractivity contribution in [2.24, 2.45) is 0 Å². The predicted molar refractivity (Wildman–Crippen MR) is 67.0 cm³/mol. The van der Waals surface area contributed by atoms with Gasteiger partial charge in [0.1, 0.15) is 11.3 Å². The Hall–Kier alpha value is -1.55. The number of hydrogen-bond donors (Lipinski definition) is 2. The van der Waals surface area contributed by atoms with Gasteiger partial charge in [0.25, 0.3) is 0 Å². The van der Waals surface area contributed by atoms with Gasteiger partial charge in [-0.25, -0.2) is 0 Å². The number of aromatic hydroxyl groups is 1. The van der Waals surface area contributed by atoms with Gasteiger partial charge in [0, 0.05) is 11.4 Å². The Balaban J connectivity index is 1.89. The van der Waals surface area contributed by atoms with E-state index in [4.69, 9.17) is 0 Å². The monoisotopic (exact) mass is 231 g/mol. The van der Waals surface area contributed by atoms with Gasteiger partial charge in [-0.1, -0.05) is 18.6 Å². The Morgan fingerprint density at radius 1 is 1.41 bits per heavy atom. The lowest BCUT2D eigenvalue weighted by Gasteiger charge is -2.23. The van der Waals surface area contributed by atoms with Gasteiger partial charge in [-0.3, -0.25) is 4.68 Å². The molecule has 1 unspecified atom stereocenters. The van der Waals surface area contributed by atoms with Gasteiger partial charge in [0.2, 0.25) is 0 Å². The van der Waals surface area contributed by atoms with Crippen molar-refractivity contribution < 1.29 is 5.11 Å². The summed E-state index contributed by atoms with van der Waals surface area (Å²) >= 11 is 0. The molecule has 3 rings (SSSR count). The maximum Gasteiger partial charge on any atom is 0.141 e. The summed E-state index contributed by atoms with van der Waals surface area (Å²) in [7, 11) is 0. The molecule has 0 amide bonds. The molecule has 1 atom stereocenters. The molecule has 4 nitrogen and oxygen atoms in total. The number of rotatable bonds is 2. The average Bonchev–Trinajstić information content (AvgIpc) is 2.75. The smallest absolute Gasteiger partial charge is 0.141 e. The van der Waals surface area contributed by atoms with E-state index in [1.165, 1.54) is 19.3 Å².